The van der Waals surface area contributed by atoms with E-state index in [1.165, 1.54) is 0 Å². The number of piperazine rings is 1. The minimum atomic E-state index is -0.745. The lowest BCUT2D eigenvalue weighted by Crippen LogP contribution is -2.39. The number of hydrogen-bond acceptors (Lipinski definition) is 3. The summed E-state index contributed by atoms with van der Waals surface area (Å²) in [5.74, 6) is -0.745. The molecule has 0 bridgehead atoms. The number of carbonyl (C=O) groups is 1. The first-order valence-electron chi connectivity index (χ1n) is 3.90. The summed E-state index contributed by atoms with van der Waals surface area (Å²) in [6, 6.07) is 0. The molecule has 0 unspecified atom stereocenters. The van der Waals surface area contributed by atoms with Gasteiger partial charge in [0.25, 0.3) is 0 Å². The van der Waals surface area contributed by atoms with Crippen LogP contribution in [0.2, 0.25) is 0 Å². The number of carboxylic acid groups (broad SMARTS) is 1. The van der Waals surface area contributed by atoms with Crippen LogP contribution in [0.1, 0.15) is 13.3 Å². The highest BCUT2D eigenvalue weighted by atomic mass is 16.4. The Balaban J connectivity index is 0.000000187. The summed E-state index contributed by atoms with van der Waals surface area (Å²) in [7, 11) is 0. The fourth-order valence-electron chi connectivity index (χ4n) is 0.604. The van der Waals surface area contributed by atoms with E-state index in [-0.39, 0.29) is 6.42 Å². The van der Waals surface area contributed by atoms with E-state index in [0.29, 0.717) is 0 Å². The molecule has 3 N–H and O–H groups in total. The topological polar surface area (TPSA) is 61.4 Å². The van der Waals surface area contributed by atoms with Gasteiger partial charge in [-0.05, 0) is 0 Å². The summed E-state index contributed by atoms with van der Waals surface area (Å²) in [5, 5.41) is 14.2. The van der Waals surface area contributed by atoms with Gasteiger partial charge in [-0.1, -0.05) is 6.92 Å². The molecule has 1 aliphatic rings. The maximum Gasteiger partial charge on any atom is 0.303 e. The summed E-state index contributed by atoms with van der Waals surface area (Å²) in [6.45, 7) is 6.16. The van der Waals surface area contributed by atoms with Crippen LogP contribution in [0.4, 0.5) is 0 Å². The molecule has 4 nitrogen and oxygen atoms in total. The Morgan fingerprint density at radius 1 is 1.27 bits per heavy atom. The van der Waals surface area contributed by atoms with Gasteiger partial charge in [0.15, 0.2) is 0 Å². The average molecular weight is 160 g/mol. The summed E-state index contributed by atoms with van der Waals surface area (Å²) in [5.41, 5.74) is 0. The molecule has 0 aromatic rings. The predicted octanol–water partition coefficient (Wildman–Crippen LogP) is -0.340. The normalized spacial score (nSPS) is 16.5. The Morgan fingerprint density at radius 3 is 1.64 bits per heavy atom. The second-order valence-electron chi connectivity index (χ2n) is 2.25. The lowest BCUT2D eigenvalue weighted by molar-refractivity contribution is -0.136. The lowest BCUT2D eigenvalue weighted by atomic mass is 10.4. The lowest BCUT2D eigenvalue weighted by Gasteiger charge is -2.11. The monoisotopic (exact) mass is 160 g/mol. The molecule has 1 aliphatic heterocycles. The standard InChI is InChI=1S/C4H10N2.C3H6O2/c1-2-6-4-3-5-1;1-2-3(4)5/h5-6H,1-4H2;2H2,1H3,(H,4,5). The summed E-state index contributed by atoms with van der Waals surface area (Å²) >= 11 is 0. The maximum atomic E-state index is 9.37. The highest BCUT2D eigenvalue weighted by molar-refractivity contribution is 5.66. The van der Waals surface area contributed by atoms with E-state index in [1.54, 1.807) is 6.92 Å². The van der Waals surface area contributed by atoms with Gasteiger partial charge in [-0.2, -0.15) is 0 Å². The molecule has 0 amide bonds. The van der Waals surface area contributed by atoms with Crippen LogP contribution in [0.25, 0.3) is 0 Å². The van der Waals surface area contributed by atoms with Crippen molar-refractivity contribution in [1.29, 1.82) is 0 Å². The molecule has 0 aromatic carbocycles. The minimum Gasteiger partial charge on any atom is -0.481 e. The average Bonchev–Trinajstić information content (AvgIpc) is 2.09. The second-order valence-corrected chi connectivity index (χ2v) is 2.25. The van der Waals surface area contributed by atoms with Gasteiger partial charge in [0.05, 0.1) is 0 Å². The van der Waals surface area contributed by atoms with Gasteiger partial charge >= 0.3 is 5.97 Å². The molecule has 1 fully saturated rings. The van der Waals surface area contributed by atoms with Crippen molar-refractivity contribution in [3.05, 3.63) is 0 Å². The molecule has 0 spiro atoms. The van der Waals surface area contributed by atoms with Gasteiger partial charge in [-0.15, -0.1) is 0 Å². The largest absolute Gasteiger partial charge is 0.481 e. The number of rotatable bonds is 1. The van der Waals surface area contributed by atoms with Gasteiger partial charge in [-0.25, -0.2) is 0 Å². The van der Waals surface area contributed by atoms with Gasteiger partial charge in [0, 0.05) is 32.6 Å². The van der Waals surface area contributed by atoms with E-state index >= 15 is 0 Å². The summed E-state index contributed by atoms with van der Waals surface area (Å²) in [4.78, 5) is 9.37. The quantitative estimate of drug-likeness (QED) is 0.491. The van der Waals surface area contributed by atoms with E-state index < -0.39 is 5.97 Å². The Bertz CT molecular complexity index is 91.1. The van der Waals surface area contributed by atoms with Crippen LogP contribution in [-0.4, -0.2) is 37.3 Å². The molecule has 66 valence electrons. The van der Waals surface area contributed by atoms with E-state index in [1.807, 2.05) is 0 Å². The zero-order valence-corrected chi connectivity index (χ0v) is 6.89. The van der Waals surface area contributed by atoms with E-state index in [4.69, 9.17) is 5.11 Å². The Hall–Kier alpha value is -0.610. The van der Waals surface area contributed by atoms with Crippen molar-refractivity contribution in [3.63, 3.8) is 0 Å². The van der Waals surface area contributed by atoms with E-state index in [2.05, 4.69) is 10.6 Å². The Morgan fingerprint density at radius 2 is 1.55 bits per heavy atom. The third-order valence-corrected chi connectivity index (χ3v) is 1.26. The van der Waals surface area contributed by atoms with Crippen LogP contribution in [0.15, 0.2) is 0 Å². The summed E-state index contributed by atoms with van der Waals surface area (Å²) < 4.78 is 0. The van der Waals surface area contributed by atoms with Crippen LogP contribution in [0.3, 0.4) is 0 Å². The molecular formula is C7H16N2O2. The second kappa shape index (κ2) is 7.50. The number of nitrogens with one attached hydrogen (secondary N) is 2. The summed E-state index contributed by atoms with van der Waals surface area (Å²) in [6.07, 6.45) is 0.222. The SMILES string of the molecule is C1CNCCN1.CCC(=O)O. The van der Waals surface area contributed by atoms with Crippen molar-refractivity contribution in [3.8, 4) is 0 Å². The van der Waals surface area contributed by atoms with Crippen LogP contribution in [0.5, 0.6) is 0 Å². The van der Waals surface area contributed by atoms with Crippen LogP contribution >= 0.6 is 0 Å². The zero-order chi connectivity index (χ0) is 8.53. The molecule has 0 radical (unpaired) electrons. The Kier molecular flexibility index (Phi) is 7.08. The third kappa shape index (κ3) is 9.39. The van der Waals surface area contributed by atoms with Crippen molar-refractivity contribution in [1.82, 2.24) is 10.6 Å². The Labute approximate surface area is 67.0 Å². The fourth-order valence-corrected chi connectivity index (χ4v) is 0.604. The molecule has 0 saturated carbocycles. The molecule has 1 heterocycles. The van der Waals surface area contributed by atoms with Crippen molar-refractivity contribution in [2.45, 2.75) is 13.3 Å². The van der Waals surface area contributed by atoms with Crippen molar-refractivity contribution in [2.75, 3.05) is 26.2 Å². The molecule has 11 heavy (non-hydrogen) atoms. The highest BCUT2D eigenvalue weighted by Crippen LogP contribution is 1.67. The smallest absolute Gasteiger partial charge is 0.303 e. The predicted molar refractivity (Wildman–Crippen MR) is 43.7 cm³/mol. The van der Waals surface area contributed by atoms with Crippen molar-refractivity contribution >= 4 is 5.97 Å². The van der Waals surface area contributed by atoms with Gasteiger partial charge < -0.3 is 15.7 Å². The maximum absolute atomic E-state index is 9.37. The van der Waals surface area contributed by atoms with Crippen LogP contribution < -0.4 is 10.6 Å². The molecule has 1 rings (SSSR count). The van der Waals surface area contributed by atoms with Gasteiger partial charge in [0.2, 0.25) is 0 Å². The van der Waals surface area contributed by atoms with Gasteiger partial charge in [-0.3, -0.25) is 4.79 Å². The number of hydrogen-bond donors (Lipinski definition) is 3. The number of carboxylic acids is 1. The zero-order valence-electron chi connectivity index (χ0n) is 6.89. The molecule has 4 heteroatoms. The first-order valence-corrected chi connectivity index (χ1v) is 3.90. The fraction of sp³-hybridized carbons (Fsp3) is 0.857. The van der Waals surface area contributed by atoms with E-state index in [9.17, 15) is 4.79 Å². The van der Waals surface area contributed by atoms with Crippen LogP contribution in [-0.2, 0) is 4.79 Å². The first-order chi connectivity index (χ1) is 5.27. The molecular weight excluding hydrogens is 144 g/mol. The minimum absolute atomic E-state index is 0.222. The van der Waals surface area contributed by atoms with E-state index in [0.717, 1.165) is 26.2 Å². The molecule has 1 saturated heterocycles. The van der Waals surface area contributed by atoms with Crippen molar-refractivity contribution < 1.29 is 9.90 Å². The first kappa shape index (κ1) is 10.4. The highest BCUT2D eigenvalue weighted by Gasteiger charge is 1.91. The third-order valence-electron chi connectivity index (χ3n) is 1.26. The molecule has 0 aromatic heterocycles. The number of aliphatic carboxylic acids is 1. The van der Waals surface area contributed by atoms with Crippen molar-refractivity contribution in [2.24, 2.45) is 0 Å². The van der Waals surface area contributed by atoms with Gasteiger partial charge in [0.1, 0.15) is 0 Å². The van der Waals surface area contributed by atoms with Crippen LogP contribution in [0, 0.1) is 0 Å². The molecule has 0 atom stereocenters. The molecule has 0 aliphatic carbocycles.